The number of ether oxygens (including phenoxy) is 2. The van der Waals surface area contributed by atoms with Gasteiger partial charge in [-0.15, -0.1) is 11.3 Å². The van der Waals surface area contributed by atoms with E-state index in [1.807, 2.05) is 26.0 Å². The number of hydrogen-bond acceptors (Lipinski definition) is 6. The highest BCUT2D eigenvalue weighted by atomic mass is 32.1. The molecule has 7 heteroatoms. The number of amides is 1. The van der Waals surface area contributed by atoms with Crippen LogP contribution in [0.2, 0.25) is 0 Å². The van der Waals surface area contributed by atoms with Crippen LogP contribution in [0.25, 0.3) is 0 Å². The van der Waals surface area contributed by atoms with E-state index in [1.54, 1.807) is 6.92 Å². The number of carbonyl (C=O) groups is 3. The summed E-state index contributed by atoms with van der Waals surface area (Å²) in [6.07, 6.45) is 6.93. The van der Waals surface area contributed by atoms with Crippen molar-refractivity contribution in [2.75, 3.05) is 18.5 Å². The molecular formula is C19H25NO5S. The first-order valence-electron chi connectivity index (χ1n) is 8.87. The summed E-state index contributed by atoms with van der Waals surface area (Å²) in [5.41, 5.74) is 1.27. The molecule has 1 aromatic rings. The zero-order valence-corrected chi connectivity index (χ0v) is 16.2. The minimum absolute atomic E-state index is 0.202. The lowest BCUT2D eigenvalue weighted by atomic mass is 10.1. The fourth-order valence-corrected chi connectivity index (χ4v) is 4.11. The van der Waals surface area contributed by atoms with Crippen molar-refractivity contribution in [2.45, 2.75) is 46.5 Å². The number of allylic oxidation sites excluding steroid dienone is 2. The molecule has 26 heavy (non-hydrogen) atoms. The standard InChI is InChI=1S/C19H25NO5S/c1-4-14-12(3)26-18(17(14)19(23)24-5-2)20-15(21)11-25-16(22)10-13-8-6-7-9-13/h6,8,13H,4-5,7,9-11H2,1-3H3,(H,20,21)/t13-/m1/s1. The van der Waals surface area contributed by atoms with Gasteiger partial charge in [0.15, 0.2) is 6.61 Å². The van der Waals surface area contributed by atoms with Gasteiger partial charge in [0, 0.05) is 4.88 Å². The Hall–Kier alpha value is -2.15. The largest absolute Gasteiger partial charge is 0.462 e. The van der Waals surface area contributed by atoms with E-state index in [0.29, 0.717) is 17.0 Å². The first-order chi connectivity index (χ1) is 12.5. The minimum atomic E-state index is -0.463. The van der Waals surface area contributed by atoms with Crippen molar-refractivity contribution in [1.82, 2.24) is 0 Å². The van der Waals surface area contributed by atoms with E-state index < -0.39 is 11.9 Å². The first-order valence-corrected chi connectivity index (χ1v) is 9.69. The number of anilines is 1. The third kappa shape index (κ3) is 5.17. The highest BCUT2D eigenvalue weighted by molar-refractivity contribution is 7.16. The quantitative estimate of drug-likeness (QED) is 0.551. The van der Waals surface area contributed by atoms with Crippen LogP contribution in [0.4, 0.5) is 5.00 Å². The number of carbonyl (C=O) groups excluding carboxylic acids is 3. The third-order valence-electron chi connectivity index (χ3n) is 4.20. The van der Waals surface area contributed by atoms with Crippen LogP contribution >= 0.6 is 11.3 Å². The van der Waals surface area contributed by atoms with E-state index in [-0.39, 0.29) is 31.5 Å². The molecular weight excluding hydrogens is 354 g/mol. The Morgan fingerprint density at radius 1 is 1.27 bits per heavy atom. The lowest BCUT2D eigenvalue weighted by Crippen LogP contribution is -2.22. The second-order valence-corrected chi connectivity index (χ2v) is 7.32. The van der Waals surface area contributed by atoms with Gasteiger partial charge >= 0.3 is 11.9 Å². The summed E-state index contributed by atoms with van der Waals surface area (Å²) in [4.78, 5) is 37.2. The summed E-state index contributed by atoms with van der Waals surface area (Å²) in [5.74, 6) is -1.10. The molecule has 1 N–H and O–H groups in total. The van der Waals surface area contributed by atoms with Crippen LogP contribution in [0.15, 0.2) is 12.2 Å². The summed E-state index contributed by atoms with van der Waals surface area (Å²) >= 11 is 1.33. The molecule has 2 rings (SSSR count). The molecule has 1 atom stereocenters. The Labute approximate surface area is 157 Å². The van der Waals surface area contributed by atoms with Crippen LogP contribution in [0.5, 0.6) is 0 Å². The van der Waals surface area contributed by atoms with Gasteiger partial charge in [0.2, 0.25) is 0 Å². The van der Waals surface area contributed by atoms with Crippen LogP contribution in [-0.2, 0) is 25.5 Å². The zero-order valence-electron chi connectivity index (χ0n) is 15.4. The summed E-state index contributed by atoms with van der Waals surface area (Å²) in [5, 5.41) is 3.12. The lowest BCUT2D eigenvalue weighted by Gasteiger charge is -2.09. The Morgan fingerprint density at radius 2 is 2.04 bits per heavy atom. The maximum absolute atomic E-state index is 12.2. The first kappa shape index (κ1) is 20.2. The monoisotopic (exact) mass is 379 g/mol. The van der Waals surface area contributed by atoms with Gasteiger partial charge in [-0.2, -0.15) is 0 Å². The predicted molar refractivity (Wildman–Crippen MR) is 100 cm³/mol. The van der Waals surface area contributed by atoms with E-state index in [1.165, 1.54) is 11.3 Å². The summed E-state index contributed by atoms with van der Waals surface area (Å²) in [6.45, 7) is 5.48. The van der Waals surface area contributed by atoms with E-state index >= 15 is 0 Å². The number of esters is 2. The van der Waals surface area contributed by atoms with Gasteiger partial charge in [-0.25, -0.2) is 4.79 Å². The molecule has 0 unspecified atom stereocenters. The van der Waals surface area contributed by atoms with E-state index in [0.717, 1.165) is 23.3 Å². The van der Waals surface area contributed by atoms with Crippen LogP contribution in [-0.4, -0.2) is 31.1 Å². The summed E-state index contributed by atoms with van der Waals surface area (Å²) in [7, 11) is 0. The van der Waals surface area contributed by atoms with Crippen molar-refractivity contribution in [1.29, 1.82) is 0 Å². The van der Waals surface area contributed by atoms with Gasteiger partial charge < -0.3 is 14.8 Å². The molecule has 6 nitrogen and oxygen atoms in total. The SMILES string of the molecule is CCOC(=O)c1c(NC(=O)COC(=O)C[C@@H]2C=CCC2)sc(C)c1CC. The van der Waals surface area contributed by atoms with Crippen molar-refractivity contribution >= 4 is 34.2 Å². The maximum Gasteiger partial charge on any atom is 0.341 e. The smallest absolute Gasteiger partial charge is 0.341 e. The highest BCUT2D eigenvalue weighted by Gasteiger charge is 2.24. The Balaban J connectivity index is 1.96. The second kappa shape index (κ2) is 9.52. The number of thiophene rings is 1. The molecule has 1 aromatic heterocycles. The molecule has 142 valence electrons. The Kier molecular flexibility index (Phi) is 7.38. The minimum Gasteiger partial charge on any atom is -0.462 e. The molecule has 0 radical (unpaired) electrons. The van der Waals surface area contributed by atoms with Gasteiger partial charge in [-0.3, -0.25) is 9.59 Å². The Morgan fingerprint density at radius 3 is 2.65 bits per heavy atom. The molecule has 1 aliphatic rings. The van der Waals surface area contributed by atoms with Crippen LogP contribution in [0.1, 0.15) is 53.9 Å². The average Bonchev–Trinajstić information content (AvgIpc) is 3.20. The van der Waals surface area contributed by atoms with Crippen LogP contribution < -0.4 is 5.32 Å². The normalized spacial score (nSPS) is 15.7. The molecule has 0 saturated carbocycles. The molecule has 0 saturated heterocycles. The highest BCUT2D eigenvalue weighted by Crippen LogP contribution is 2.34. The van der Waals surface area contributed by atoms with E-state index in [9.17, 15) is 14.4 Å². The molecule has 1 aliphatic carbocycles. The number of rotatable bonds is 8. The van der Waals surface area contributed by atoms with Gasteiger partial charge in [-0.1, -0.05) is 19.1 Å². The van der Waals surface area contributed by atoms with Gasteiger partial charge in [0.05, 0.1) is 18.6 Å². The molecule has 0 spiro atoms. The third-order valence-corrected chi connectivity index (χ3v) is 5.26. The summed E-state index contributed by atoms with van der Waals surface area (Å²) in [6, 6.07) is 0. The second-order valence-electron chi connectivity index (χ2n) is 6.09. The van der Waals surface area contributed by atoms with E-state index in [4.69, 9.17) is 9.47 Å². The van der Waals surface area contributed by atoms with Gasteiger partial charge in [-0.05, 0) is 44.6 Å². The number of hydrogen-bond donors (Lipinski definition) is 1. The molecule has 1 amide bonds. The molecule has 0 aliphatic heterocycles. The predicted octanol–water partition coefficient (Wildman–Crippen LogP) is 3.63. The maximum atomic E-state index is 12.2. The van der Waals surface area contributed by atoms with Gasteiger partial charge in [0.25, 0.3) is 5.91 Å². The fourth-order valence-electron chi connectivity index (χ4n) is 2.96. The molecule has 1 heterocycles. The molecule has 0 bridgehead atoms. The average molecular weight is 379 g/mol. The number of nitrogens with one attached hydrogen (secondary N) is 1. The van der Waals surface area contributed by atoms with Gasteiger partial charge in [0.1, 0.15) is 5.00 Å². The molecule has 0 aromatic carbocycles. The van der Waals surface area contributed by atoms with Crippen molar-refractivity contribution in [2.24, 2.45) is 5.92 Å². The lowest BCUT2D eigenvalue weighted by molar-refractivity contribution is -0.147. The van der Waals surface area contributed by atoms with Crippen molar-refractivity contribution in [3.05, 3.63) is 28.2 Å². The van der Waals surface area contributed by atoms with Crippen LogP contribution in [0, 0.1) is 12.8 Å². The molecule has 0 fully saturated rings. The summed E-state index contributed by atoms with van der Waals surface area (Å²) < 4.78 is 10.2. The zero-order chi connectivity index (χ0) is 19.1. The Bertz CT molecular complexity index is 707. The van der Waals surface area contributed by atoms with Crippen molar-refractivity contribution < 1.29 is 23.9 Å². The van der Waals surface area contributed by atoms with Crippen molar-refractivity contribution in [3.8, 4) is 0 Å². The van der Waals surface area contributed by atoms with Crippen LogP contribution in [0.3, 0.4) is 0 Å². The van der Waals surface area contributed by atoms with Crippen molar-refractivity contribution in [3.63, 3.8) is 0 Å². The van der Waals surface area contributed by atoms with E-state index in [2.05, 4.69) is 5.32 Å². The number of aryl methyl sites for hydroxylation is 1. The fraction of sp³-hybridized carbons (Fsp3) is 0.526. The topological polar surface area (TPSA) is 81.7 Å².